The minimum Gasteiger partial charge on any atom is -0.420 e. The van der Waals surface area contributed by atoms with Gasteiger partial charge in [-0.25, -0.2) is 8.78 Å². The zero-order valence-corrected chi connectivity index (χ0v) is 22.7. The van der Waals surface area contributed by atoms with Crippen LogP contribution in [0, 0.1) is 23.0 Å². The van der Waals surface area contributed by atoms with Crippen LogP contribution in [0.4, 0.5) is 13.2 Å². The van der Waals surface area contributed by atoms with E-state index in [1.165, 1.54) is 11.6 Å². The number of halogens is 4. The Labute approximate surface area is 219 Å². The van der Waals surface area contributed by atoms with Crippen LogP contribution in [0.1, 0.15) is 62.3 Å². The summed E-state index contributed by atoms with van der Waals surface area (Å²) >= 11 is 3.67. The Kier molecular flexibility index (Phi) is 8.30. The summed E-state index contributed by atoms with van der Waals surface area (Å²) in [5, 5.41) is 0. The second-order valence-corrected chi connectivity index (χ2v) is 11.8. The maximum absolute atomic E-state index is 15.5. The first-order chi connectivity index (χ1) is 17.1. The fourth-order valence-electron chi connectivity index (χ4n) is 4.86. The van der Waals surface area contributed by atoms with Crippen molar-refractivity contribution in [3.63, 3.8) is 0 Å². The van der Waals surface area contributed by atoms with E-state index in [0.717, 1.165) is 41.7 Å². The number of fused-ring (bicyclic) bond motifs is 1. The van der Waals surface area contributed by atoms with E-state index in [9.17, 15) is 9.18 Å². The third kappa shape index (κ3) is 5.88. The number of hydrogen-bond donors (Lipinski definition) is 0. The normalized spacial score (nSPS) is 17.0. The molecule has 2 aliphatic rings. The van der Waals surface area contributed by atoms with Crippen LogP contribution in [0.15, 0.2) is 34.8 Å². The van der Waals surface area contributed by atoms with Crippen molar-refractivity contribution in [1.29, 1.82) is 0 Å². The second-order valence-electron chi connectivity index (χ2n) is 10.9. The van der Waals surface area contributed by atoms with Crippen molar-refractivity contribution in [2.24, 2.45) is 11.3 Å². The fraction of sp³-hybridized carbons (Fsp3) is 0.483. The van der Waals surface area contributed by atoms with Crippen molar-refractivity contribution in [2.75, 3.05) is 26.3 Å². The summed E-state index contributed by atoms with van der Waals surface area (Å²) in [7, 11) is 0. The number of esters is 1. The summed E-state index contributed by atoms with van der Waals surface area (Å²) < 4.78 is 49.1. The Morgan fingerprint density at radius 3 is 2.47 bits per heavy atom. The lowest BCUT2D eigenvalue weighted by Gasteiger charge is -2.39. The van der Waals surface area contributed by atoms with Crippen LogP contribution in [0.25, 0.3) is 5.57 Å². The van der Waals surface area contributed by atoms with Gasteiger partial charge in [-0.1, -0.05) is 40.2 Å². The van der Waals surface area contributed by atoms with E-state index in [2.05, 4.69) is 33.0 Å². The van der Waals surface area contributed by atoms with E-state index in [1.54, 1.807) is 20.8 Å². The van der Waals surface area contributed by atoms with Gasteiger partial charge in [0.15, 0.2) is 11.6 Å². The van der Waals surface area contributed by atoms with Gasteiger partial charge in [0.1, 0.15) is 0 Å². The molecule has 0 saturated carbocycles. The first-order valence-corrected chi connectivity index (χ1v) is 13.4. The van der Waals surface area contributed by atoms with Gasteiger partial charge in [-0.15, -0.1) is 0 Å². The molecule has 7 heteroatoms. The van der Waals surface area contributed by atoms with Crippen LogP contribution in [-0.4, -0.2) is 37.2 Å². The minimum atomic E-state index is -0.887. The number of likely N-dealkylation sites (tertiary alicyclic amines) is 1. The van der Waals surface area contributed by atoms with Gasteiger partial charge in [0, 0.05) is 24.1 Å². The topological polar surface area (TPSA) is 29.5 Å². The largest absolute Gasteiger partial charge is 0.420 e. The highest BCUT2D eigenvalue weighted by atomic mass is 79.9. The van der Waals surface area contributed by atoms with Crippen molar-refractivity contribution < 1.29 is 22.7 Å². The number of carbonyl (C=O) groups excluding carboxylic acids is 1. The Hall–Kier alpha value is -2.12. The second kappa shape index (κ2) is 11.1. The molecule has 1 fully saturated rings. The number of alkyl halides is 1. The fourth-order valence-corrected chi connectivity index (χ4v) is 5.59. The molecule has 0 N–H and O–H groups in total. The molecule has 0 radical (unpaired) electrons. The van der Waals surface area contributed by atoms with Crippen LogP contribution in [0.5, 0.6) is 5.75 Å². The van der Waals surface area contributed by atoms with Gasteiger partial charge in [-0.3, -0.25) is 9.18 Å². The molecule has 0 aromatic heterocycles. The van der Waals surface area contributed by atoms with Crippen LogP contribution < -0.4 is 4.74 Å². The molecule has 2 aromatic rings. The highest BCUT2D eigenvalue weighted by Crippen LogP contribution is 2.42. The lowest BCUT2D eigenvalue weighted by molar-refractivity contribution is -0.143. The van der Waals surface area contributed by atoms with Gasteiger partial charge < -0.3 is 9.64 Å². The molecule has 1 aliphatic heterocycles. The van der Waals surface area contributed by atoms with Crippen molar-refractivity contribution >= 4 is 27.5 Å². The SMILES string of the molecule is CC(C)(C)C(=O)Oc1c(F)cc2c(c1F)CCCC(Br)=C2c1ccc(CC2CN(CCCF)C2)cc1. The van der Waals surface area contributed by atoms with Gasteiger partial charge in [-0.05, 0) is 92.7 Å². The molecule has 0 bridgehead atoms. The number of carbonyl (C=O) groups is 1. The molecule has 0 amide bonds. The lowest BCUT2D eigenvalue weighted by atomic mass is 9.89. The van der Waals surface area contributed by atoms with Crippen molar-refractivity contribution in [3.8, 4) is 5.75 Å². The molecular formula is C29H33BrF3NO2. The molecule has 0 atom stereocenters. The predicted molar refractivity (Wildman–Crippen MR) is 140 cm³/mol. The Bertz CT molecular complexity index is 1150. The monoisotopic (exact) mass is 563 g/mol. The number of allylic oxidation sites excluding steroid dienone is 1. The van der Waals surface area contributed by atoms with Gasteiger partial charge in [-0.2, -0.15) is 0 Å². The molecule has 194 valence electrons. The maximum Gasteiger partial charge on any atom is 0.316 e. The first kappa shape index (κ1) is 26.9. The van der Waals surface area contributed by atoms with E-state index >= 15 is 8.78 Å². The predicted octanol–water partition coefficient (Wildman–Crippen LogP) is 7.24. The van der Waals surface area contributed by atoms with Crippen molar-refractivity contribution in [3.05, 3.63) is 68.7 Å². The zero-order chi connectivity index (χ0) is 26.0. The highest BCUT2D eigenvalue weighted by molar-refractivity contribution is 9.11. The third-order valence-corrected chi connectivity index (χ3v) is 7.65. The standard InChI is InChI=1S/C29H33BrF3NO2/c1-29(2,3)28(35)36-27-24(32)15-22-21(26(27)33)6-4-7-23(30)25(22)20-10-8-18(9-11-20)14-19-16-34(17-19)13-5-12-31/h8-11,15,19H,4-7,12-14,16-17H2,1-3H3. The van der Waals surface area contributed by atoms with E-state index in [0.29, 0.717) is 42.7 Å². The smallest absolute Gasteiger partial charge is 0.316 e. The van der Waals surface area contributed by atoms with Gasteiger partial charge in [0.2, 0.25) is 5.75 Å². The molecule has 1 saturated heterocycles. The van der Waals surface area contributed by atoms with Crippen molar-refractivity contribution in [2.45, 2.75) is 52.9 Å². The average molecular weight is 564 g/mol. The molecular weight excluding hydrogens is 531 g/mol. The van der Waals surface area contributed by atoms with E-state index in [1.807, 2.05) is 12.1 Å². The molecule has 2 aromatic carbocycles. The number of ether oxygens (including phenoxy) is 1. The van der Waals surface area contributed by atoms with Gasteiger partial charge in [0.25, 0.3) is 0 Å². The van der Waals surface area contributed by atoms with E-state index in [-0.39, 0.29) is 6.67 Å². The molecule has 0 spiro atoms. The summed E-state index contributed by atoms with van der Waals surface area (Å²) in [6.07, 6.45) is 3.34. The Morgan fingerprint density at radius 1 is 1.14 bits per heavy atom. The van der Waals surface area contributed by atoms with Crippen LogP contribution >= 0.6 is 15.9 Å². The van der Waals surface area contributed by atoms with E-state index < -0.39 is 28.8 Å². The maximum atomic E-state index is 15.5. The summed E-state index contributed by atoms with van der Waals surface area (Å²) in [6.45, 7) is 7.46. The molecule has 4 rings (SSSR count). The Morgan fingerprint density at radius 2 is 1.83 bits per heavy atom. The number of rotatable bonds is 7. The lowest BCUT2D eigenvalue weighted by Crippen LogP contribution is -2.47. The summed E-state index contributed by atoms with van der Waals surface area (Å²) in [5.41, 5.74) is 2.82. The number of benzene rings is 2. The minimum absolute atomic E-state index is 0.269. The van der Waals surface area contributed by atoms with Crippen LogP contribution in [0.2, 0.25) is 0 Å². The molecule has 36 heavy (non-hydrogen) atoms. The molecule has 1 aliphatic carbocycles. The van der Waals surface area contributed by atoms with Crippen LogP contribution in [0.3, 0.4) is 0 Å². The summed E-state index contributed by atoms with van der Waals surface area (Å²) in [5.74, 6) is -2.43. The number of nitrogens with zero attached hydrogens (tertiary/aromatic N) is 1. The van der Waals surface area contributed by atoms with Gasteiger partial charge in [0.05, 0.1) is 12.1 Å². The average Bonchev–Trinajstić information content (AvgIpc) is 2.96. The summed E-state index contributed by atoms with van der Waals surface area (Å²) in [4.78, 5) is 14.6. The quantitative estimate of drug-likeness (QED) is 0.262. The van der Waals surface area contributed by atoms with E-state index in [4.69, 9.17) is 4.74 Å². The van der Waals surface area contributed by atoms with Crippen LogP contribution in [-0.2, 0) is 17.6 Å². The molecule has 0 unspecified atom stereocenters. The highest BCUT2D eigenvalue weighted by Gasteiger charge is 2.31. The third-order valence-electron chi connectivity index (χ3n) is 6.86. The summed E-state index contributed by atoms with van der Waals surface area (Å²) in [6, 6.07) is 9.45. The molecule has 3 nitrogen and oxygen atoms in total. The zero-order valence-electron chi connectivity index (χ0n) is 21.1. The number of hydrogen-bond acceptors (Lipinski definition) is 3. The first-order valence-electron chi connectivity index (χ1n) is 12.6. The van der Waals surface area contributed by atoms with Crippen molar-refractivity contribution in [1.82, 2.24) is 4.90 Å². The Balaban J connectivity index is 1.58. The van der Waals surface area contributed by atoms with Gasteiger partial charge >= 0.3 is 5.97 Å². The molecule has 1 heterocycles.